The molecule has 1 aromatic rings. The lowest BCUT2D eigenvalue weighted by Gasteiger charge is -2.18. The van der Waals surface area contributed by atoms with Crippen LogP contribution in [0.25, 0.3) is 0 Å². The van der Waals surface area contributed by atoms with Gasteiger partial charge in [-0.1, -0.05) is 30.4 Å². The monoisotopic (exact) mass is 284 g/mol. The van der Waals surface area contributed by atoms with Gasteiger partial charge in [0.15, 0.2) is 0 Å². The zero-order chi connectivity index (χ0) is 14.5. The first-order chi connectivity index (χ1) is 10.3. The largest absolute Gasteiger partial charge is 0.371 e. The van der Waals surface area contributed by atoms with Crippen LogP contribution in [-0.2, 0) is 4.79 Å². The summed E-state index contributed by atoms with van der Waals surface area (Å²) in [5, 5.41) is 3.12. The minimum Gasteiger partial charge on any atom is -0.371 e. The fourth-order valence-corrected chi connectivity index (χ4v) is 3.31. The molecule has 3 heteroatoms. The van der Waals surface area contributed by atoms with Crippen LogP contribution in [0.1, 0.15) is 25.7 Å². The van der Waals surface area contributed by atoms with Crippen LogP contribution in [0.15, 0.2) is 42.5 Å². The van der Waals surface area contributed by atoms with Crippen molar-refractivity contribution in [1.29, 1.82) is 0 Å². The van der Waals surface area contributed by atoms with Crippen LogP contribution in [0.4, 0.5) is 5.69 Å². The van der Waals surface area contributed by atoms with Gasteiger partial charge in [-0.3, -0.25) is 4.79 Å². The van der Waals surface area contributed by atoms with E-state index in [-0.39, 0.29) is 5.91 Å². The molecule has 21 heavy (non-hydrogen) atoms. The van der Waals surface area contributed by atoms with Crippen LogP contribution in [0.3, 0.4) is 0 Å². The topological polar surface area (TPSA) is 32.3 Å². The molecule has 1 aliphatic heterocycles. The first-order valence-corrected chi connectivity index (χ1v) is 8.04. The lowest BCUT2D eigenvalue weighted by atomic mass is 10.0. The second-order valence-electron chi connectivity index (χ2n) is 6.21. The molecule has 1 saturated heterocycles. The van der Waals surface area contributed by atoms with Crippen molar-refractivity contribution in [2.24, 2.45) is 11.8 Å². The second-order valence-corrected chi connectivity index (χ2v) is 6.21. The highest BCUT2D eigenvalue weighted by atomic mass is 16.1. The van der Waals surface area contributed by atoms with Gasteiger partial charge < -0.3 is 10.2 Å². The van der Waals surface area contributed by atoms with Gasteiger partial charge in [-0.2, -0.15) is 0 Å². The number of nitrogens with zero attached hydrogens (tertiary/aromatic N) is 1. The molecule has 112 valence electrons. The Kier molecular flexibility index (Phi) is 4.59. The van der Waals surface area contributed by atoms with Crippen molar-refractivity contribution < 1.29 is 4.79 Å². The summed E-state index contributed by atoms with van der Waals surface area (Å²) in [6, 6.07) is 10.5. The number of benzene rings is 1. The summed E-state index contributed by atoms with van der Waals surface area (Å²) >= 11 is 0. The molecule has 0 saturated carbocycles. The van der Waals surface area contributed by atoms with E-state index >= 15 is 0 Å². The fraction of sp³-hybridized carbons (Fsp3) is 0.500. The van der Waals surface area contributed by atoms with Gasteiger partial charge in [0.2, 0.25) is 5.91 Å². The minimum absolute atomic E-state index is 0.213. The molecule has 1 fully saturated rings. The molecule has 2 aliphatic rings. The summed E-state index contributed by atoms with van der Waals surface area (Å²) in [4.78, 5) is 14.4. The maximum Gasteiger partial charge on any atom is 0.220 e. The highest BCUT2D eigenvalue weighted by molar-refractivity contribution is 5.76. The van der Waals surface area contributed by atoms with Gasteiger partial charge in [-0.05, 0) is 43.2 Å². The molecule has 0 spiro atoms. The predicted molar refractivity (Wildman–Crippen MR) is 86.3 cm³/mol. The molecule has 0 unspecified atom stereocenters. The number of carbonyl (C=O) groups is 1. The van der Waals surface area contributed by atoms with Crippen LogP contribution < -0.4 is 10.2 Å². The zero-order valence-electron chi connectivity index (χ0n) is 12.5. The third kappa shape index (κ3) is 3.87. The molecule has 0 aromatic heterocycles. The number of para-hydroxylation sites is 1. The SMILES string of the molecule is O=C(C[C@H]1C=CCC1)NC[C@@H]1CCN(c2ccccc2)C1. The van der Waals surface area contributed by atoms with Gasteiger partial charge in [0.1, 0.15) is 0 Å². The number of nitrogens with one attached hydrogen (secondary N) is 1. The molecule has 0 radical (unpaired) electrons. The summed E-state index contributed by atoms with van der Waals surface area (Å²) in [5.41, 5.74) is 1.29. The summed E-state index contributed by atoms with van der Waals surface area (Å²) in [7, 11) is 0. The first kappa shape index (κ1) is 14.2. The van der Waals surface area contributed by atoms with Crippen LogP contribution in [0, 0.1) is 11.8 Å². The summed E-state index contributed by atoms with van der Waals surface area (Å²) < 4.78 is 0. The maximum atomic E-state index is 11.9. The normalized spacial score (nSPS) is 24.5. The molecule has 0 bridgehead atoms. The standard InChI is InChI=1S/C18H24N2O/c21-18(12-15-6-4-5-7-15)19-13-16-10-11-20(14-16)17-8-2-1-3-9-17/h1-4,6,8-9,15-16H,5,7,10-14H2,(H,19,21)/t15-,16-/m0/s1. The Morgan fingerprint density at radius 3 is 2.86 bits per heavy atom. The predicted octanol–water partition coefficient (Wildman–Crippen LogP) is 2.99. The molecular weight excluding hydrogens is 260 g/mol. The third-order valence-corrected chi connectivity index (χ3v) is 4.56. The zero-order valence-corrected chi connectivity index (χ0v) is 12.5. The number of anilines is 1. The van der Waals surface area contributed by atoms with Gasteiger partial charge in [0.05, 0.1) is 0 Å². The Morgan fingerprint density at radius 2 is 2.10 bits per heavy atom. The molecule has 1 aromatic carbocycles. The Labute approximate surface area is 127 Å². The van der Waals surface area contributed by atoms with E-state index < -0.39 is 0 Å². The maximum absolute atomic E-state index is 11.9. The second kappa shape index (κ2) is 6.79. The lowest BCUT2D eigenvalue weighted by molar-refractivity contribution is -0.121. The van der Waals surface area contributed by atoms with Crippen molar-refractivity contribution in [2.75, 3.05) is 24.5 Å². The number of rotatable bonds is 5. The highest BCUT2D eigenvalue weighted by Crippen LogP contribution is 2.23. The van der Waals surface area contributed by atoms with Crippen molar-refractivity contribution in [2.45, 2.75) is 25.7 Å². The van der Waals surface area contributed by atoms with Gasteiger partial charge in [-0.25, -0.2) is 0 Å². The summed E-state index contributed by atoms with van der Waals surface area (Å²) in [5.74, 6) is 1.26. The van der Waals surface area contributed by atoms with Gasteiger partial charge >= 0.3 is 0 Å². The van der Waals surface area contributed by atoms with E-state index in [4.69, 9.17) is 0 Å². The smallest absolute Gasteiger partial charge is 0.220 e. The Bertz CT molecular complexity index is 497. The van der Waals surface area contributed by atoms with E-state index in [1.807, 2.05) is 0 Å². The van der Waals surface area contributed by atoms with E-state index in [1.54, 1.807) is 0 Å². The molecule has 2 atom stereocenters. The van der Waals surface area contributed by atoms with Gasteiger partial charge in [0.25, 0.3) is 0 Å². The van der Waals surface area contributed by atoms with Crippen molar-refractivity contribution in [3.8, 4) is 0 Å². The molecular formula is C18H24N2O. The first-order valence-electron chi connectivity index (χ1n) is 8.04. The minimum atomic E-state index is 0.213. The quantitative estimate of drug-likeness (QED) is 0.843. The van der Waals surface area contributed by atoms with E-state index in [0.717, 1.165) is 32.5 Å². The number of allylic oxidation sites excluding steroid dienone is 2. The van der Waals surface area contributed by atoms with Gasteiger partial charge in [-0.15, -0.1) is 0 Å². The number of carbonyl (C=O) groups excluding carboxylic acids is 1. The van der Waals surface area contributed by atoms with Crippen molar-refractivity contribution in [1.82, 2.24) is 5.32 Å². The van der Waals surface area contributed by atoms with Crippen LogP contribution in [0.2, 0.25) is 0 Å². The van der Waals surface area contributed by atoms with Crippen LogP contribution in [-0.4, -0.2) is 25.5 Å². The Hall–Kier alpha value is -1.77. The van der Waals surface area contributed by atoms with E-state index in [2.05, 4.69) is 52.7 Å². The van der Waals surface area contributed by atoms with Gasteiger partial charge in [0, 0.05) is 31.7 Å². The fourth-order valence-electron chi connectivity index (χ4n) is 3.31. The lowest BCUT2D eigenvalue weighted by Crippen LogP contribution is -2.31. The number of hydrogen-bond acceptors (Lipinski definition) is 2. The number of hydrogen-bond donors (Lipinski definition) is 1. The molecule has 1 heterocycles. The molecule has 1 N–H and O–H groups in total. The number of amides is 1. The third-order valence-electron chi connectivity index (χ3n) is 4.56. The molecule has 1 amide bonds. The van der Waals surface area contributed by atoms with Crippen molar-refractivity contribution in [3.05, 3.63) is 42.5 Å². The summed E-state index contributed by atoms with van der Waals surface area (Å²) in [6.45, 7) is 2.96. The average Bonchev–Trinajstić information content (AvgIpc) is 3.17. The van der Waals surface area contributed by atoms with Crippen LogP contribution >= 0.6 is 0 Å². The van der Waals surface area contributed by atoms with E-state index in [1.165, 1.54) is 12.1 Å². The van der Waals surface area contributed by atoms with Crippen molar-refractivity contribution in [3.63, 3.8) is 0 Å². The van der Waals surface area contributed by atoms with E-state index in [9.17, 15) is 4.79 Å². The average molecular weight is 284 g/mol. The van der Waals surface area contributed by atoms with E-state index in [0.29, 0.717) is 18.3 Å². The molecule has 3 nitrogen and oxygen atoms in total. The molecule has 3 rings (SSSR count). The Morgan fingerprint density at radius 1 is 1.24 bits per heavy atom. The van der Waals surface area contributed by atoms with Crippen molar-refractivity contribution >= 4 is 11.6 Å². The molecule has 1 aliphatic carbocycles. The summed E-state index contributed by atoms with van der Waals surface area (Å²) in [6.07, 6.45) is 8.47. The highest BCUT2D eigenvalue weighted by Gasteiger charge is 2.23. The Balaban J connectivity index is 1.40. The van der Waals surface area contributed by atoms with Crippen LogP contribution in [0.5, 0.6) is 0 Å².